The van der Waals surface area contributed by atoms with Crippen LogP contribution in [0.5, 0.6) is 0 Å². The van der Waals surface area contributed by atoms with Crippen LogP contribution in [0.25, 0.3) is 0 Å². The van der Waals surface area contributed by atoms with Crippen LogP contribution in [0, 0.1) is 11.3 Å². The maximum Gasteiger partial charge on any atom is 0.129 e. The molecule has 3 N–H and O–H groups in total. The molecule has 2 rings (SSSR count). The molecule has 88 valence electrons. The third kappa shape index (κ3) is 1.69. The zero-order chi connectivity index (χ0) is 12.0. The Kier molecular flexibility index (Phi) is 2.46. The molecular formula is C13H20N2O. The first-order chi connectivity index (χ1) is 7.35. The Morgan fingerprint density at radius 2 is 2.19 bits per heavy atom. The lowest BCUT2D eigenvalue weighted by Gasteiger charge is -2.29. The van der Waals surface area contributed by atoms with Gasteiger partial charge in [-0.3, -0.25) is 0 Å². The average Bonchev–Trinajstić information content (AvgIpc) is 2.36. The average molecular weight is 220 g/mol. The lowest BCUT2D eigenvalue weighted by molar-refractivity contribution is -0.000354. The van der Waals surface area contributed by atoms with Gasteiger partial charge in [0.2, 0.25) is 0 Å². The van der Waals surface area contributed by atoms with Crippen LogP contribution in [0.1, 0.15) is 39.2 Å². The number of anilines is 1. The van der Waals surface area contributed by atoms with Crippen LogP contribution in [-0.4, -0.2) is 10.1 Å². The van der Waals surface area contributed by atoms with Gasteiger partial charge in [0, 0.05) is 11.8 Å². The van der Waals surface area contributed by atoms with Crippen molar-refractivity contribution in [3.63, 3.8) is 0 Å². The topological polar surface area (TPSA) is 59.1 Å². The molecule has 1 aliphatic rings. The van der Waals surface area contributed by atoms with E-state index in [4.69, 9.17) is 5.73 Å². The SMILES string of the molecule is CC1CC(C)(C)CC1(O)c1cccnc1N. The lowest BCUT2D eigenvalue weighted by Crippen LogP contribution is -2.30. The number of rotatable bonds is 1. The van der Waals surface area contributed by atoms with Crippen LogP contribution < -0.4 is 5.73 Å². The van der Waals surface area contributed by atoms with E-state index in [9.17, 15) is 5.11 Å². The van der Waals surface area contributed by atoms with Gasteiger partial charge >= 0.3 is 0 Å². The minimum absolute atomic E-state index is 0.163. The Labute approximate surface area is 96.7 Å². The summed E-state index contributed by atoms with van der Waals surface area (Å²) in [5, 5.41) is 10.8. The van der Waals surface area contributed by atoms with Crippen LogP contribution in [-0.2, 0) is 5.60 Å². The minimum Gasteiger partial charge on any atom is -0.385 e. The van der Waals surface area contributed by atoms with Gasteiger partial charge in [0.1, 0.15) is 5.82 Å². The standard InChI is InChI=1S/C13H20N2O/c1-9-7-12(2,3)8-13(9,16)10-5-4-6-15-11(10)14/h4-6,9,16H,7-8H2,1-3H3,(H2,14,15). The summed E-state index contributed by atoms with van der Waals surface area (Å²) >= 11 is 0. The van der Waals surface area contributed by atoms with Crippen molar-refractivity contribution >= 4 is 5.82 Å². The fraction of sp³-hybridized carbons (Fsp3) is 0.615. The highest BCUT2D eigenvalue weighted by molar-refractivity contribution is 5.44. The van der Waals surface area contributed by atoms with Gasteiger partial charge in [-0.2, -0.15) is 0 Å². The molecule has 3 nitrogen and oxygen atoms in total. The molecule has 1 saturated carbocycles. The second-order valence-corrected chi connectivity index (χ2v) is 5.81. The molecule has 0 amide bonds. The summed E-state index contributed by atoms with van der Waals surface area (Å²) in [4.78, 5) is 4.07. The Morgan fingerprint density at radius 3 is 2.69 bits per heavy atom. The third-order valence-corrected chi connectivity index (χ3v) is 3.73. The van der Waals surface area contributed by atoms with Gasteiger partial charge in [-0.15, -0.1) is 0 Å². The number of pyridine rings is 1. The second-order valence-electron chi connectivity index (χ2n) is 5.81. The number of aromatic nitrogens is 1. The maximum absolute atomic E-state index is 10.8. The van der Waals surface area contributed by atoms with E-state index in [0.29, 0.717) is 5.82 Å². The number of nitrogens with zero attached hydrogens (tertiary/aromatic N) is 1. The highest BCUT2D eigenvalue weighted by atomic mass is 16.3. The van der Waals surface area contributed by atoms with Crippen LogP contribution in [0.2, 0.25) is 0 Å². The molecule has 1 aromatic heterocycles. The summed E-state index contributed by atoms with van der Waals surface area (Å²) in [6, 6.07) is 3.72. The van der Waals surface area contributed by atoms with E-state index < -0.39 is 5.60 Å². The van der Waals surface area contributed by atoms with Gasteiger partial charge in [-0.1, -0.05) is 26.8 Å². The van der Waals surface area contributed by atoms with E-state index in [2.05, 4.69) is 25.8 Å². The normalized spacial score (nSPS) is 32.9. The van der Waals surface area contributed by atoms with Crippen molar-refractivity contribution in [2.24, 2.45) is 11.3 Å². The van der Waals surface area contributed by atoms with Crippen molar-refractivity contribution in [1.82, 2.24) is 4.98 Å². The number of nitrogen functional groups attached to an aromatic ring is 1. The summed E-state index contributed by atoms with van der Waals surface area (Å²) in [6.07, 6.45) is 3.42. The van der Waals surface area contributed by atoms with Crippen LogP contribution >= 0.6 is 0 Å². The molecule has 1 aromatic rings. The van der Waals surface area contributed by atoms with E-state index in [0.717, 1.165) is 18.4 Å². The van der Waals surface area contributed by atoms with Crippen molar-refractivity contribution in [2.45, 2.75) is 39.2 Å². The van der Waals surface area contributed by atoms with E-state index in [1.54, 1.807) is 6.20 Å². The predicted molar refractivity (Wildman–Crippen MR) is 64.7 cm³/mol. The molecule has 0 aliphatic heterocycles. The molecule has 0 bridgehead atoms. The number of hydrogen-bond donors (Lipinski definition) is 2. The van der Waals surface area contributed by atoms with Crippen LogP contribution in [0.4, 0.5) is 5.82 Å². The van der Waals surface area contributed by atoms with Crippen LogP contribution in [0.3, 0.4) is 0 Å². The quantitative estimate of drug-likeness (QED) is 0.763. The number of nitrogens with two attached hydrogens (primary N) is 1. The molecule has 16 heavy (non-hydrogen) atoms. The molecule has 0 radical (unpaired) electrons. The summed E-state index contributed by atoms with van der Waals surface area (Å²) in [7, 11) is 0. The van der Waals surface area contributed by atoms with Crippen molar-refractivity contribution in [3.8, 4) is 0 Å². The van der Waals surface area contributed by atoms with Crippen molar-refractivity contribution in [1.29, 1.82) is 0 Å². The monoisotopic (exact) mass is 220 g/mol. The lowest BCUT2D eigenvalue weighted by atomic mass is 9.84. The van der Waals surface area contributed by atoms with Gasteiger partial charge in [0.05, 0.1) is 5.60 Å². The maximum atomic E-state index is 10.8. The molecule has 2 atom stereocenters. The van der Waals surface area contributed by atoms with E-state index in [1.165, 1.54) is 0 Å². The minimum atomic E-state index is -0.818. The fourth-order valence-electron chi connectivity index (χ4n) is 3.12. The Balaban J connectivity index is 2.44. The summed E-state index contributed by atoms with van der Waals surface area (Å²) in [6.45, 7) is 6.46. The molecule has 1 aliphatic carbocycles. The first kappa shape index (κ1) is 11.4. The fourth-order valence-corrected chi connectivity index (χ4v) is 3.12. The molecule has 1 fully saturated rings. The Bertz CT molecular complexity index is 403. The van der Waals surface area contributed by atoms with Gasteiger partial charge < -0.3 is 10.8 Å². The van der Waals surface area contributed by atoms with Crippen molar-refractivity contribution in [2.75, 3.05) is 5.73 Å². The van der Waals surface area contributed by atoms with Crippen molar-refractivity contribution in [3.05, 3.63) is 23.9 Å². The van der Waals surface area contributed by atoms with Gasteiger partial charge in [-0.25, -0.2) is 4.98 Å². The van der Waals surface area contributed by atoms with Crippen LogP contribution in [0.15, 0.2) is 18.3 Å². The second kappa shape index (κ2) is 3.45. The summed E-state index contributed by atoms with van der Waals surface area (Å²) < 4.78 is 0. The number of aliphatic hydroxyl groups is 1. The largest absolute Gasteiger partial charge is 0.385 e. The molecular weight excluding hydrogens is 200 g/mol. The predicted octanol–water partition coefficient (Wildman–Crippen LogP) is 2.31. The first-order valence-corrected chi connectivity index (χ1v) is 5.78. The van der Waals surface area contributed by atoms with E-state index in [-0.39, 0.29) is 11.3 Å². The van der Waals surface area contributed by atoms with Gasteiger partial charge in [0.25, 0.3) is 0 Å². The van der Waals surface area contributed by atoms with E-state index >= 15 is 0 Å². The summed E-state index contributed by atoms with van der Waals surface area (Å²) in [5.41, 5.74) is 6.00. The van der Waals surface area contributed by atoms with Gasteiger partial charge in [-0.05, 0) is 30.2 Å². The van der Waals surface area contributed by atoms with E-state index in [1.807, 2.05) is 12.1 Å². The third-order valence-electron chi connectivity index (χ3n) is 3.73. The summed E-state index contributed by atoms with van der Waals surface area (Å²) in [5.74, 6) is 0.670. The van der Waals surface area contributed by atoms with Gasteiger partial charge in [0.15, 0.2) is 0 Å². The zero-order valence-corrected chi connectivity index (χ0v) is 10.2. The first-order valence-electron chi connectivity index (χ1n) is 5.78. The number of hydrogen-bond acceptors (Lipinski definition) is 3. The van der Waals surface area contributed by atoms with Crippen molar-refractivity contribution < 1.29 is 5.11 Å². The molecule has 1 heterocycles. The molecule has 2 unspecified atom stereocenters. The molecule has 0 spiro atoms. The molecule has 3 heteroatoms. The molecule has 0 aromatic carbocycles. The molecule has 0 saturated heterocycles. The highest BCUT2D eigenvalue weighted by Crippen LogP contribution is 2.53. The zero-order valence-electron chi connectivity index (χ0n) is 10.2. The smallest absolute Gasteiger partial charge is 0.129 e. The highest BCUT2D eigenvalue weighted by Gasteiger charge is 2.49. The Morgan fingerprint density at radius 1 is 1.50 bits per heavy atom. The Hall–Kier alpha value is -1.09.